The molecule has 112 valence electrons. The first-order valence-electron chi connectivity index (χ1n) is 8.42. The second kappa shape index (κ2) is 6.58. The molecule has 2 nitrogen and oxygen atoms in total. The van der Waals surface area contributed by atoms with Gasteiger partial charge in [0.25, 0.3) is 0 Å². The van der Waals surface area contributed by atoms with Crippen molar-refractivity contribution in [1.29, 1.82) is 0 Å². The van der Waals surface area contributed by atoms with E-state index in [1.165, 1.54) is 38.8 Å². The van der Waals surface area contributed by atoms with Crippen LogP contribution in [0.2, 0.25) is 0 Å². The Bertz CT molecular complexity index is 272. The zero-order chi connectivity index (χ0) is 14.0. The first kappa shape index (κ1) is 15.3. The van der Waals surface area contributed by atoms with Gasteiger partial charge in [-0.2, -0.15) is 0 Å². The van der Waals surface area contributed by atoms with Crippen molar-refractivity contribution in [2.24, 2.45) is 23.7 Å². The fourth-order valence-electron chi connectivity index (χ4n) is 4.10. The van der Waals surface area contributed by atoms with E-state index in [1.54, 1.807) is 0 Å². The van der Waals surface area contributed by atoms with Crippen LogP contribution in [0.25, 0.3) is 0 Å². The predicted molar refractivity (Wildman–Crippen MR) is 83.3 cm³/mol. The van der Waals surface area contributed by atoms with Gasteiger partial charge in [-0.05, 0) is 56.4 Å². The fraction of sp³-hybridized carbons (Fsp3) is 1.00. The zero-order valence-electron chi connectivity index (χ0n) is 13.7. The SMILES string of the molecule is CNC1CC(C)CC(C)C1CN(CC(C)C)C1CC1. The molecule has 2 aliphatic carbocycles. The number of nitrogens with one attached hydrogen (secondary N) is 1. The van der Waals surface area contributed by atoms with Crippen molar-refractivity contribution in [1.82, 2.24) is 10.2 Å². The molecule has 19 heavy (non-hydrogen) atoms. The van der Waals surface area contributed by atoms with Crippen molar-refractivity contribution >= 4 is 0 Å². The smallest absolute Gasteiger partial charge is 0.0110 e. The van der Waals surface area contributed by atoms with Gasteiger partial charge in [-0.15, -0.1) is 0 Å². The highest BCUT2D eigenvalue weighted by Crippen LogP contribution is 2.36. The monoisotopic (exact) mass is 266 g/mol. The predicted octanol–water partition coefficient (Wildman–Crippen LogP) is 3.38. The van der Waals surface area contributed by atoms with Crippen LogP contribution in [-0.2, 0) is 0 Å². The molecule has 0 spiro atoms. The summed E-state index contributed by atoms with van der Waals surface area (Å²) in [6.45, 7) is 12.2. The molecule has 0 aliphatic heterocycles. The highest BCUT2D eigenvalue weighted by atomic mass is 15.2. The summed E-state index contributed by atoms with van der Waals surface area (Å²) in [5, 5.41) is 3.61. The maximum absolute atomic E-state index is 3.61. The molecule has 0 radical (unpaired) electrons. The molecule has 2 fully saturated rings. The Morgan fingerprint density at radius 1 is 1.16 bits per heavy atom. The van der Waals surface area contributed by atoms with E-state index < -0.39 is 0 Å². The first-order chi connectivity index (χ1) is 9.01. The highest BCUT2D eigenvalue weighted by molar-refractivity contribution is 4.92. The second-order valence-corrected chi connectivity index (χ2v) is 7.69. The Hall–Kier alpha value is -0.0800. The van der Waals surface area contributed by atoms with Gasteiger partial charge >= 0.3 is 0 Å². The van der Waals surface area contributed by atoms with Crippen LogP contribution in [0.5, 0.6) is 0 Å². The Morgan fingerprint density at radius 2 is 1.84 bits per heavy atom. The average Bonchev–Trinajstić information content (AvgIpc) is 3.14. The van der Waals surface area contributed by atoms with Gasteiger partial charge in [0.05, 0.1) is 0 Å². The Kier molecular flexibility index (Phi) is 5.30. The Balaban J connectivity index is 1.97. The summed E-state index contributed by atoms with van der Waals surface area (Å²) in [5.74, 6) is 3.41. The summed E-state index contributed by atoms with van der Waals surface area (Å²) in [5.41, 5.74) is 0. The maximum atomic E-state index is 3.61. The van der Waals surface area contributed by atoms with Crippen LogP contribution in [0.1, 0.15) is 53.4 Å². The molecule has 0 aromatic heterocycles. The van der Waals surface area contributed by atoms with Gasteiger partial charge in [-0.3, -0.25) is 4.90 Å². The van der Waals surface area contributed by atoms with Crippen LogP contribution in [0.15, 0.2) is 0 Å². The molecule has 0 amide bonds. The molecule has 0 saturated heterocycles. The lowest BCUT2D eigenvalue weighted by Gasteiger charge is -2.42. The molecule has 0 aromatic carbocycles. The van der Waals surface area contributed by atoms with Crippen molar-refractivity contribution in [3.63, 3.8) is 0 Å². The third-order valence-electron chi connectivity index (χ3n) is 5.16. The quantitative estimate of drug-likeness (QED) is 0.793. The molecule has 2 rings (SSSR count). The lowest BCUT2D eigenvalue weighted by atomic mass is 9.72. The lowest BCUT2D eigenvalue weighted by Crippen LogP contribution is -2.49. The van der Waals surface area contributed by atoms with Crippen molar-refractivity contribution in [2.45, 2.75) is 65.5 Å². The molecular formula is C17H34N2. The number of hydrogen-bond acceptors (Lipinski definition) is 2. The second-order valence-electron chi connectivity index (χ2n) is 7.69. The van der Waals surface area contributed by atoms with Crippen LogP contribution in [0.3, 0.4) is 0 Å². The van der Waals surface area contributed by atoms with Gasteiger partial charge in [-0.25, -0.2) is 0 Å². The normalized spacial score (nSPS) is 36.2. The minimum absolute atomic E-state index is 0.729. The van der Waals surface area contributed by atoms with Gasteiger partial charge in [0.2, 0.25) is 0 Å². The molecule has 0 heterocycles. The summed E-state index contributed by atoms with van der Waals surface area (Å²) in [6, 6.07) is 1.64. The van der Waals surface area contributed by atoms with Crippen LogP contribution >= 0.6 is 0 Å². The average molecular weight is 266 g/mol. The molecule has 4 unspecified atom stereocenters. The molecular weight excluding hydrogens is 232 g/mol. The van der Waals surface area contributed by atoms with Gasteiger partial charge < -0.3 is 5.32 Å². The summed E-state index contributed by atoms with van der Waals surface area (Å²) in [7, 11) is 2.16. The largest absolute Gasteiger partial charge is 0.317 e. The molecule has 2 heteroatoms. The number of rotatable bonds is 6. The minimum Gasteiger partial charge on any atom is -0.317 e. The number of nitrogens with zero attached hydrogens (tertiary/aromatic N) is 1. The van der Waals surface area contributed by atoms with Gasteiger partial charge in [0.1, 0.15) is 0 Å². The van der Waals surface area contributed by atoms with E-state index in [4.69, 9.17) is 0 Å². The van der Waals surface area contributed by atoms with E-state index in [0.717, 1.165) is 35.8 Å². The van der Waals surface area contributed by atoms with Crippen LogP contribution in [0.4, 0.5) is 0 Å². The summed E-state index contributed by atoms with van der Waals surface area (Å²) in [6.07, 6.45) is 5.66. The van der Waals surface area contributed by atoms with Gasteiger partial charge in [0.15, 0.2) is 0 Å². The van der Waals surface area contributed by atoms with Gasteiger partial charge in [0, 0.05) is 25.2 Å². The van der Waals surface area contributed by atoms with E-state index in [1.807, 2.05) is 0 Å². The van der Waals surface area contributed by atoms with E-state index >= 15 is 0 Å². The molecule has 4 atom stereocenters. The van der Waals surface area contributed by atoms with E-state index in [2.05, 4.69) is 45.0 Å². The third kappa shape index (κ3) is 4.19. The molecule has 1 N–H and O–H groups in total. The highest BCUT2D eigenvalue weighted by Gasteiger charge is 2.37. The molecule has 2 saturated carbocycles. The minimum atomic E-state index is 0.729. The van der Waals surface area contributed by atoms with Crippen molar-refractivity contribution < 1.29 is 0 Å². The zero-order valence-corrected chi connectivity index (χ0v) is 13.7. The summed E-state index contributed by atoms with van der Waals surface area (Å²) in [4.78, 5) is 2.80. The van der Waals surface area contributed by atoms with Crippen molar-refractivity contribution in [3.8, 4) is 0 Å². The molecule has 2 aliphatic rings. The van der Waals surface area contributed by atoms with Crippen LogP contribution in [0, 0.1) is 23.7 Å². The Morgan fingerprint density at radius 3 is 2.37 bits per heavy atom. The number of hydrogen-bond donors (Lipinski definition) is 1. The summed E-state index contributed by atoms with van der Waals surface area (Å²) >= 11 is 0. The van der Waals surface area contributed by atoms with Crippen LogP contribution < -0.4 is 5.32 Å². The molecule has 0 aromatic rings. The first-order valence-corrected chi connectivity index (χ1v) is 8.42. The summed E-state index contributed by atoms with van der Waals surface area (Å²) < 4.78 is 0. The lowest BCUT2D eigenvalue weighted by molar-refractivity contribution is 0.0947. The molecule has 0 bridgehead atoms. The topological polar surface area (TPSA) is 15.3 Å². The van der Waals surface area contributed by atoms with Crippen LogP contribution in [-0.4, -0.2) is 37.1 Å². The van der Waals surface area contributed by atoms with Crippen molar-refractivity contribution in [3.05, 3.63) is 0 Å². The van der Waals surface area contributed by atoms with E-state index in [9.17, 15) is 0 Å². The van der Waals surface area contributed by atoms with Gasteiger partial charge in [-0.1, -0.05) is 27.7 Å². The fourth-order valence-corrected chi connectivity index (χ4v) is 4.10. The Labute approximate surface area is 120 Å². The van der Waals surface area contributed by atoms with Crippen molar-refractivity contribution in [2.75, 3.05) is 20.1 Å². The third-order valence-corrected chi connectivity index (χ3v) is 5.16. The standard InChI is InChI=1S/C17H34N2/c1-12(2)10-19(15-6-7-15)11-16-14(4)8-13(3)9-17(16)18-5/h12-18H,6-11H2,1-5H3. The van der Waals surface area contributed by atoms with E-state index in [-0.39, 0.29) is 0 Å². The van der Waals surface area contributed by atoms with E-state index in [0.29, 0.717) is 0 Å². The maximum Gasteiger partial charge on any atom is 0.0110 e.